The number of likely N-dealkylation sites (tertiary alicyclic amines) is 1. The molecule has 4 bridgehead atoms. The number of nitrogens with zero attached hydrogens (tertiary/aromatic N) is 1. The number of piperidine rings is 1. The SMILES string of the molecule is COC(=O)CC1CC2(CCN(C(=O)NC3C4CC5CC(C4)CC3C5)CC2)c2ccccc21. The summed E-state index contributed by atoms with van der Waals surface area (Å²) in [6, 6.07) is 9.19. The molecule has 0 aromatic heterocycles. The van der Waals surface area contributed by atoms with Gasteiger partial charge in [-0.25, -0.2) is 4.79 Å². The van der Waals surface area contributed by atoms with Gasteiger partial charge in [0.15, 0.2) is 0 Å². The molecule has 1 saturated heterocycles. The van der Waals surface area contributed by atoms with Gasteiger partial charge in [0, 0.05) is 19.1 Å². The largest absolute Gasteiger partial charge is 0.469 e. The maximum absolute atomic E-state index is 13.2. The average Bonchev–Trinajstić information content (AvgIpc) is 3.09. The van der Waals surface area contributed by atoms with Crippen LogP contribution in [0.4, 0.5) is 4.79 Å². The summed E-state index contributed by atoms with van der Waals surface area (Å²) in [4.78, 5) is 27.3. The summed E-state index contributed by atoms with van der Waals surface area (Å²) in [5, 5.41) is 3.50. The van der Waals surface area contributed by atoms with Gasteiger partial charge in [0.1, 0.15) is 0 Å². The average molecular weight is 437 g/mol. The highest BCUT2D eigenvalue weighted by Gasteiger charge is 2.50. The topological polar surface area (TPSA) is 58.6 Å². The van der Waals surface area contributed by atoms with Crippen LogP contribution < -0.4 is 5.32 Å². The highest BCUT2D eigenvalue weighted by Crippen LogP contribution is 2.54. The quantitative estimate of drug-likeness (QED) is 0.704. The Balaban J connectivity index is 1.12. The molecular formula is C27H36N2O3. The number of esters is 1. The molecular weight excluding hydrogens is 400 g/mol. The van der Waals surface area contributed by atoms with Crippen LogP contribution in [0.3, 0.4) is 0 Å². The number of urea groups is 1. The summed E-state index contributed by atoms with van der Waals surface area (Å²) in [6.45, 7) is 1.61. The fraction of sp³-hybridized carbons (Fsp3) is 0.704. The standard InChI is InChI=1S/C27H36N2O3/c1-32-24(30)15-21-16-27(23-5-3-2-4-22(21)23)6-8-29(9-7-27)26(31)28-25-19-11-17-10-18(13-19)14-20(25)12-17/h2-5,17-21,25H,6-16H2,1H3,(H,28,31). The molecule has 5 nitrogen and oxygen atoms in total. The lowest BCUT2D eigenvalue weighted by Crippen LogP contribution is -2.59. The minimum Gasteiger partial charge on any atom is -0.469 e. The molecule has 5 aliphatic carbocycles. The molecule has 1 unspecified atom stereocenters. The number of rotatable bonds is 3. The van der Waals surface area contributed by atoms with E-state index < -0.39 is 0 Å². The van der Waals surface area contributed by atoms with Crippen molar-refractivity contribution in [3.05, 3.63) is 35.4 Å². The maximum Gasteiger partial charge on any atom is 0.317 e. The summed E-state index contributed by atoms with van der Waals surface area (Å²) in [5.41, 5.74) is 2.80. The van der Waals surface area contributed by atoms with Gasteiger partial charge < -0.3 is 15.0 Å². The van der Waals surface area contributed by atoms with E-state index in [1.807, 2.05) is 0 Å². The Morgan fingerprint density at radius 1 is 1.03 bits per heavy atom. The molecule has 1 spiro atoms. The zero-order chi connectivity index (χ0) is 21.9. The predicted octanol–water partition coefficient (Wildman–Crippen LogP) is 4.60. The van der Waals surface area contributed by atoms with Gasteiger partial charge in [-0.3, -0.25) is 4.79 Å². The van der Waals surface area contributed by atoms with E-state index in [0.29, 0.717) is 24.3 Å². The van der Waals surface area contributed by atoms with Gasteiger partial charge in [0.05, 0.1) is 13.5 Å². The van der Waals surface area contributed by atoms with E-state index in [1.54, 1.807) is 0 Å². The molecule has 1 aromatic carbocycles. The van der Waals surface area contributed by atoms with Crippen LogP contribution in [-0.2, 0) is 14.9 Å². The lowest BCUT2D eigenvalue weighted by atomic mass is 9.54. The number of hydrogen-bond acceptors (Lipinski definition) is 3. The molecule has 0 radical (unpaired) electrons. The monoisotopic (exact) mass is 436 g/mol. The first-order chi connectivity index (χ1) is 15.5. The number of benzene rings is 1. The van der Waals surface area contributed by atoms with Crippen molar-refractivity contribution in [2.75, 3.05) is 20.2 Å². The fourth-order valence-corrected chi connectivity index (χ4v) is 8.50. The van der Waals surface area contributed by atoms with E-state index in [2.05, 4.69) is 34.5 Å². The first-order valence-corrected chi connectivity index (χ1v) is 12.8. The Morgan fingerprint density at radius 2 is 1.69 bits per heavy atom. The van der Waals surface area contributed by atoms with E-state index in [9.17, 15) is 9.59 Å². The summed E-state index contributed by atoms with van der Waals surface area (Å²) in [5.74, 6) is 3.39. The number of ether oxygens (including phenoxy) is 1. The second-order valence-electron chi connectivity index (χ2n) is 11.4. The summed E-state index contributed by atoms with van der Waals surface area (Å²) in [6.07, 6.45) is 10.2. The van der Waals surface area contributed by atoms with E-state index in [1.165, 1.54) is 50.3 Å². The van der Waals surface area contributed by atoms with Crippen LogP contribution in [-0.4, -0.2) is 43.1 Å². The highest BCUT2D eigenvalue weighted by atomic mass is 16.5. The van der Waals surface area contributed by atoms with E-state index in [-0.39, 0.29) is 23.3 Å². The predicted molar refractivity (Wildman–Crippen MR) is 122 cm³/mol. The Kier molecular flexibility index (Phi) is 5.00. The van der Waals surface area contributed by atoms with Gasteiger partial charge in [0.2, 0.25) is 0 Å². The zero-order valence-corrected chi connectivity index (χ0v) is 19.2. The summed E-state index contributed by atoms with van der Waals surface area (Å²) >= 11 is 0. The smallest absolute Gasteiger partial charge is 0.317 e. The van der Waals surface area contributed by atoms with Gasteiger partial charge in [-0.15, -0.1) is 0 Å². The molecule has 1 heterocycles. The molecule has 1 aromatic rings. The molecule has 5 heteroatoms. The number of carbonyl (C=O) groups excluding carboxylic acids is 2. The van der Waals surface area contributed by atoms with Crippen LogP contribution in [0.2, 0.25) is 0 Å². The molecule has 1 atom stereocenters. The molecule has 5 fully saturated rings. The van der Waals surface area contributed by atoms with Crippen molar-refractivity contribution in [2.24, 2.45) is 23.7 Å². The third-order valence-corrected chi connectivity index (χ3v) is 9.77. The molecule has 32 heavy (non-hydrogen) atoms. The molecule has 172 valence electrons. The normalized spacial score (nSPS) is 36.2. The van der Waals surface area contributed by atoms with Crippen LogP contribution >= 0.6 is 0 Å². The second kappa shape index (κ2) is 7.78. The minimum atomic E-state index is -0.130. The number of nitrogens with one attached hydrogen (secondary N) is 1. The van der Waals surface area contributed by atoms with Gasteiger partial charge in [-0.1, -0.05) is 24.3 Å². The first-order valence-electron chi connectivity index (χ1n) is 12.8. The zero-order valence-electron chi connectivity index (χ0n) is 19.2. The van der Waals surface area contributed by atoms with Gasteiger partial charge in [-0.2, -0.15) is 0 Å². The van der Waals surface area contributed by atoms with E-state index >= 15 is 0 Å². The van der Waals surface area contributed by atoms with Crippen LogP contribution in [0.25, 0.3) is 0 Å². The van der Waals surface area contributed by atoms with E-state index in [0.717, 1.165) is 44.2 Å². The van der Waals surface area contributed by atoms with Crippen molar-refractivity contribution in [1.29, 1.82) is 0 Å². The number of fused-ring (bicyclic) bond motifs is 2. The molecule has 6 aliphatic rings. The Labute approximate surface area is 191 Å². The number of amides is 2. The van der Waals surface area contributed by atoms with Crippen LogP contribution in [0.1, 0.15) is 74.8 Å². The highest BCUT2D eigenvalue weighted by molar-refractivity contribution is 5.75. The molecule has 7 rings (SSSR count). The number of hydrogen-bond donors (Lipinski definition) is 1. The van der Waals surface area contributed by atoms with Gasteiger partial charge >= 0.3 is 12.0 Å². The first kappa shape index (κ1) is 20.6. The lowest BCUT2D eigenvalue weighted by Gasteiger charge is -2.54. The summed E-state index contributed by atoms with van der Waals surface area (Å²) < 4.78 is 4.96. The van der Waals surface area contributed by atoms with Crippen LogP contribution in [0, 0.1) is 23.7 Å². The minimum absolute atomic E-state index is 0.0919. The van der Waals surface area contributed by atoms with Crippen molar-refractivity contribution in [2.45, 2.75) is 75.2 Å². The van der Waals surface area contributed by atoms with E-state index in [4.69, 9.17) is 4.74 Å². The molecule has 1 aliphatic heterocycles. The molecule has 2 amide bonds. The number of methoxy groups -OCH3 is 1. The fourth-order valence-electron chi connectivity index (χ4n) is 8.50. The second-order valence-corrected chi connectivity index (χ2v) is 11.4. The van der Waals surface area contributed by atoms with Gasteiger partial charge in [-0.05, 0) is 97.5 Å². The van der Waals surface area contributed by atoms with Crippen molar-refractivity contribution in [1.82, 2.24) is 10.2 Å². The Morgan fingerprint density at radius 3 is 2.34 bits per heavy atom. The van der Waals surface area contributed by atoms with Crippen molar-refractivity contribution < 1.29 is 14.3 Å². The third-order valence-electron chi connectivity index (χ3n) is 9.77. The summed E-state index contributed by atoms with van der Waals surface area (Å²) in [7, 11) is 1.47. The Bertz CT molecular complexity index is 876. The lowest BCUT2D eigenvalue weighted by molar-refractivity contribution is -0.141. The van der Waals surface area contributed by atoms with Crippen molar-refractivity contribution in [3.63, 3.8) is 0 Å². The van der Waals surface area contributed by atoms with Crippen LogP contribution in [0.5, 0.6) is 0 Å². The maximum atomic E-state index is 13.2. The Hall–Kier alpha value is -2.04. The molecule has 1 N–H and O–H groups in total. The van der Waals surface area contributed by atoms with Gasteiger partial charge in [0.25, 0.3) is 0 Å². The van der Waals surface area contributed by atoms with Crippen molar-refractivity contribution in [3.8, 4) is 0 Å². The third kappa shape index (κ3) is 3.34. The van der Waals surface area contributed by atoms with Crippen LogP contribution in [0.15, 0.2) is 24.3 Å². The number of carbonyl (C=O) groups is 2. The molecule has 4 saturated carbocycles. The van der Waals surface area contributed by atoms with Crippen molar-refractivity contribution >= 4 is 12.0 Å².